The van der Waals surface area contributed by atoms with Gasteiger partial charge in [-0.15, -0.1) is 0 Å². The minimum absolute atomic E-state index is 0.0967. The average Bonchev–Trinajstić information content (AvgIpc) is 2.44. The molecule has 0 aromatic heterocycles. The fourth-order valence-corrected chi connectivity index (χ4v) is 1.45. The molecule has 0 aliphatic carbocycles. The van der Waals surface area contributed by atoms with Crippen LogP contribution in [0.15, 0.2) is 30.3 Å². The van der Waals surface area contributed by atoms with Crippen LogP contribution in [-0.2, 0) is 14.3 Å². The van der Waals surface area contributed by atoms with Crippen molar-refractivity contribution in [3.05, 3.63) is 30.3 Å². The summed E-state index contributed by atoms with van der Waals surface area (Å²) >= 11 is 0. The van der Waals surface area contributed by atoms with Gasteiger partial charge < -0.3 is 19.9 Å². The van der Waals surface area contributed by atoms with Crippen molar-refractivity contribution in [3.8, 4) is 5.75 Å². The van der Waals surface area contributed by atoms with Crippen molar-refractivity contribution in [2.24, 2.45) is 0 Å². The summed E-state index contributed by atoms with van der Waals surface area (Å²) in [5.74, 6) is -0.329. The molecule has 0 saturated carbocycles. The number of para-hydroxylation sites is 1. The van der Waals surface area contributed by atoms with E-state index in [1.807, 2.05) is 30.3 Å². The van der Waals surface area contributed by atoms with Crippen LogP contribution in [0.3, 0.4) is 0 Å². The van der Waals surface area contributed by atoms with E-state index in [0.717, 1.165) is 5.75 Å². The molecule has 0 saturated heterocycles. The number of carbonyl (C=O) groups is 2. The van der Waals surface area contributed by atoms with Crippen molar-refractivity contribution in [1.82, 2.24) is 5.32 Å². The molecular weight excluding hydrogens is 262 g/mol. The molecule has 110 valence electrons. The first-order valence-corrected chi connectivity index (χ1v) is 6.42. The molecule has 0 aliphatic heterocycles. The molecule has 0 spiro atoms. The number of carboxylic acid groups (broad SMARTS) is 1. The summed E-state index contributed by atoms with van der Waals surface area (Å²) in [7, 11) is 0. The van der Waals surface area contributed by atoms with Gasteiger partial charge in [-0.2, -0.15) is 0 Å². The fourth-order valence-electron chi connectivity index (χ4n) is 1.45. The standard InChI is InChI=1S/C14H19NO5/c16-13(15-8-10-19-11-14(17)18)7-4-9-20-12-5-2-1-3-6-12/h1-3,5-6H,4,7-11H2,(H,15,16)(H,17,18). The van der Waals surface area contributed by atoms with E-state index in [1.54, 1.807) is 0 Å². The predicted octanol–water partition coefficient (Wildman–Crippen LogP) is 1.06. The molecule has 0 aliphatic rings. The molecule has 2 N–H and O–H groups in total. The summed E-state index contributed by atoms with van der Waals surface area (Å²) < 4.78 is 10.2. The minimum Gasteiger partial charge on any atom is -0.494 e. The lowest BCUT2D eigenvalue weighted by atomic mass is 10.3. The van der Waals surface area contributed by atoms with Gasteiger partial charge in [0.1, 0.15) is 12.4 Å². The summed E-state index contributed by atoms with van der Waals surface area (Å²) in [6.45, 7) is 0.637. The maximum atomic E-state index is 11.4. The van der Waals surface area contributed by atoms with Crippen LogP contribution in [0.2, 0.25) is 0 Å². The Morgan fingerprint density at radius 2 is 1.90 bits per heavy atom. The van der Waals surface area contributed by atoms with Crippen LogP contribution in [0.1, 0.15) is 12.8 Å². The number of nitrogens with one attached hydrogen (secondary N) is 1. The Balaban J connectivity index is 1.96. The summed E-state index contributed by atoms with van der Waals surface area (Å²) in [4.78, 5) is 21.6. The highest BCUT2D eigenvalue weighted by Crippen LogP contribution is 2.08. The van der Waals surface area contributed by atoms with Gasteiger partial charge in [0.05, 0.1) is 13.2 Å². The Hall–Kier alpha value is -2.08. The van der Waals surface area contributed by atoms with Gasteiger partial charge in [0.15, 0.2) is 0 Å². The van der Waals surface area contributed by atoms with E-state index in [2.05, 4.69) is 5.32 Å². The normalized spacial score (nSPS) is 10.0. The Morgan fingerprint density at radius 3 is 2.60 bits per heavy atom. The lowest BCUT2D eigenvalue weighted by molar-refractivity contribution is -0.142. The third-order valence-electron chi connectivity index (χ3n) is 2.35. The van der Waals surface area contributed by atoms with Crippen molar-refractivity contribution < 1.29 is 24.2 Å². The molecule has 0 bridgehead atoms. The number of hydrogen-bond donors (Lipinski definition) is 2. The Bertz CT molecular complexity index is 407. The SMILES string of the molecule is O=C(O)COCCNC(=O)CCCOc1ccccc1. The quantitative estimate of drug-likeness (QED) is 0.626. The van der Waals surface area contributed by atoms with Crippen LogP contribution in [0.4, 0.5) is 0 Å². The first kappa shape index (κ1) is 16.0. The molecule has 0 radical (unpaired) electrons. The van der Waals surface area contributed by atoms with Crippen molar-refractivity contribution in [2.75, 3.05) is 26.4 Å². The van der Waals surface area contributed by atoms with E-state index in [9.17, 15) is 9.59 Å². The van der Waals surface area contributed by atoms with Crippen molar-refractivity contribution in [3.63, 3.8) is 0 Å². The van der Waals surface area contributed by atoms with Gasteiger partial charge >= 0.3 is 5.97 Å². The average molecular weight is 281 g/mol. The fraction of sp³-hybridized carbons (Fsp3) is 0.429. The smallest absolute Gasteiger partial charge is 0.329 e. The molecule has 1 aromatic carbocycles. The van der Waals surface area contributed by atoms with Gasteiger partial charge in [-0.1, -0.05) is 18.2 Å². The number of carbonyl (C=O) groups excluding carboxylic acids is 1. The molecule has 0 fully saturated rings. The van der Waals surface area contributed by atoms with E-state index < -0.39 is 5.97 Å². The molecule has 1 aromatic rings. The van der Waals surface area contributed by atoms with Crippen molar-refractivity contribution in [1.29, 1.82) is 0 Å². The van der Waals surface area contributed by atoms with Gasteiger partial charge in [0.2, 0.25) is 5.91 Å². The Morgan fingerprint density at radius 1 is 1.15 bits per heavy atom. The highest BCUT2D eigenvalue weighted by molar-refractivity contribution is 5.75. The highest BCUT2D eigenvalue weighted by Gasteiger charge is 2.01. The van der Waals surface area contributed by atoms with E-state index in [0.29, 0.717) is 26.0 Å². The highest BCUT2D eigenvalue weighted by atomic mass is 16.5. The van der Waals surface area contributed by atoms with Crippen LogP contribution >= 0.6 is 0 Å². The van der Waals surface area contributed by atoms with Gasteiger partial charge in [0.25, 0.3) is 0 Å². The first-order chi connectivity index (χ1) is 9.68. The third kappa shape index (κ3) is 8.10. The Labute approximate surface area is 117 Å². The minimum atomic E-state index is -1.02. The van der Waals surface area contributed by atoms with E-state index in [4.69, 9.17) is 14.6 Å². The molecule has 0 atom stereocenters. The molecule has 0 unspecified atom stereocenters. The maximum Gasteiger partial charge on any atom is 0.329 e. The second-order valence-corrected chi connectivity index (χ2v) is 4.06. The summed E-state index contributed by atoms with van der Waals surface area (Å²) in [5, 5.41) is 11.0. The zero-order chi connectivity index (χ0) is 14.6. The lowest BCUT2D eigenvalue weighted by Gasteiger charge is -2.07. The van der Waals surface area contributed by atoms with Crippen LogP contribution in [0, 0.1) is 0 Å². The van der Waals surface area contributed by atoms with Gasteiger partial charge in [-0.25, -0.2) is 4.79 Å². The van der Waals surface area contributed by atoms with E-state index in [1.165, 1.54) is 0 Å². The van der Waals surface area contributed by atoms with Crippen LogP contribution in [0.5, 0.6) is 5.75 Å². The zero-order valence-corrected chi connectivity index (χ0v) is 11.2. The van der Waals surface area contributed by atoms with Crippen molar-refractivity contribution in [2.45, 2.75) is 12.8 Å². The number of ether oxygens (including phenoxy) is 2. The molecule has 6 nitrogen and oxygen atoms in total. The number of aliphatic carboxylic acids is 1. The topological polar surface area (TPSA) is 84.9 Å². The summed E-state index contributed by atoms with van der Waals surface area (Å²) in [5.41, 5.74) is 0. The van der Waals surface area contributed by atoms with E-state index >= 15 is 0 Å². The second kappa shape index (κ2) is 9.80. The maximum absolute atomic E-state index is 11.4. The number of amides is 1. The number of carboxylic acids is 1. The summed E-state index contributed by atoms with van der Waals surface area (Å²) in [6, 6.07) is 9.41. The first-order valence-electron chi connectivity index (χ1n) is 6.42. The molecular formula is C14H19NO5. The molecule has 6 heteroatoms. The zero-order valence-electron chi connectivity index (χ0n) is 11.2. The van der Waals surface area contributed by atoms with Crippen LogP contribution < -0.4 is 10.1 Å². The Kier molecular flexibility index (Phi) is 7.83. The number of rotatable bonds is 10. The van der Waals surface area contributed by atoms with Crippen LogP contribution in [0.25, 0.3) is 0 Å². The third-order valence-corrected chi connectivity index (χ3v) is 2.35. The monoisotopic (exact) mass is 281 g/mol. The number of hydrogen-bond acceptors (Lipinski definition) is 4. The van der Waals surface area contributed by atoms with Gasteiger partial charge in [0, 0.05) is 13.0 Å². The number of benzene rings is 1. The molecule has 1 amide bonds. The van der Waals surface area contributed by atoms with Crippen molar-refractivity contribution >= 4 is 11.9 Å². The molecule has 20 heavy (non-hydrogen) atoms. The summed E-state index contributed by atoms with van der Waals surface area (Å²) in [6.07, 6.45) is 0.989. The largest absolute Gasteiger partial charge is 0.494 e. The molecule has 0 heterocycles. The van der Waals surface area contributed by atoms with Crippen LogP contribution in [-0.4, -0.2) is 43.3 Å². The van der Waals surface area contributed by atoms with Gasteiger partial charge in [-0.3, -0.25) is 4.79 Å². The lowest BCUT2D eigenvalue weighted by Crippen LogP contribution is -2.28. The van der Waals surface area contributed by atoms with E-state index in [-0.39, 0.29) is 19.1 Å². The second-order valence-electron chi connectivity index (χ2n) is 4.06. The predicted molar refractivity (Wildman–Crippen MR) is 72.6 cm³/mol. The van der Waals surface area contributed by atoms with Gasteiger partial charge in [-0.05, 0) is 18.6 Å². The molecule has 1 rings (SSSR count).